The molecule has 126 valence electrons. The number of hydrogen-bond acceptors (Lipinski definition) is 3. The fourth-order valence-electron chi connectivity index (χ4n) is 3.18. The van der Waals surface area contributed by atoms with E-state index >= 15 is 0 Å². The van der Waals surface area contributed by atoms with Crippen LogP contribution in [-0.2, 0) is 22.5 Å². The Morgan fingerprint density at radius 3 is 2.88 bits per heavy atom. The molecule has 0 radical (unpaired) electrons. The zero-order valence-corrected chi connectivity index (χ0v) is 13.8. The van der Waals surface area contributed by atoms with Crippen LogP contribution < -0.4 is 5.32 Å². The number of para-hydroxylation sites is 1. The molecule has 1 amide bonds. The van der Waals surface area contributed by atoms with E-state index < -0.39 is 6.10 Å². The van der Waals surface area contributed by atoms with Crippen molar-refractivity contribution in [1.82, 2.24) is 15.1 Å². The predicted molar refractivity (Wildman–Crippen MR) is 94.2 cm³/mol. The Hall–Kier alpha value is -2.92. The van der Waals surface area contributed by atoms with Crippen molar-refractivity contribution >= 4 is 5.91 Å². The molecule has 3 aromatic rings. The number of nitrogens with one attached hydrogen (secondary N) is 1. The summed E-state index contributed by atoms with van der Waals surface area (Å²) in [6.45, 7) is 0.996. The zero-order valence-electron chi connectivity index (χ0n) is 13.8. The van der Waals surface area contributed by atoms with Crippen molar-refractivity contribution in [2.75, 3.05) is 6.61 Å². The Labute approximate surface area is 146 Å². The lowest BCUT2D eigenvalue weighted by atomic mass is 9.97. The summed E-state index contributed by atoms with van der Waals surface area (Å²) in [5, 5.41) is 7.28. The molecule has 1 aromatic heterocycles. The van der Waals surface area contributed by atoms with Crippen molar-refractivity contribution < 1.29 is 9.53 Å². The molecule has 4 rings (SSSR count). The van der Waals surface area contributed by atoms with E-state index in [0.29, 0.717) is 13.2 Å². The lowest BCUT2D eigenvalue weighted by Crippen LogP contribution is -2.33. The molecule has 0 unspecified atom stereocenters. The van der Waals surface area contributed by atoms with Gasteiger partial charge in [-0.05, 0) is 35.2 Å². The number of carbonyl (C=O) groups is 1. The van der Waals surface area contributed by atoms with Gasteiger partial charge in [0.1, 0.15) is 0 Å². The molecule has 0 aliphatic carbocycles. The first-order chi connectivity index (χ1) is 12.3. The van der Waals surface area contributed by atoms with Gasteiger partial charge in [0.05, 0.1) is 12.3 Å². The van der Waals surface area contributed by atoms with Gasteiger partial charge in [0.25, 0.3) is 5.91 Å². The van der Waals surface area contributed by atoms with Gasteiger partial charge in [-0.2, -0.15) is 5.10 Å². The molecule has 2 heterocycles. The highest BCUT2D eigenvalue weighted by Crippen LogP contribution is 2.27. The van der Waals surface area contributed by atoms with Crippen molar-refractivity contribution in [3.05, 3.63) is 83.7 Å². The second-order valence-corrected chi connectivity index (χ2v) is 6.00. The number of carbonyl (C=O) groups excluding carboxylic acids is 1. The summed E-state index contributed by atoms with van der Waals surface area (Å²) in [5.41, 5.74) is 4.11. The van der Waals surface area contributed by atoms with E-state index in [9.17, 15) is 4.79 Å². The third-order valence-electron chi connectivity index (χ3n) is 4.43. The second kappa shape index (κ2) is 6.91. The first kappa shape index (κ1) is 15.6. The lowest BCUT2D eigenvalue weighted by Gasteiger charge is -2.25. The van der Waals surface area contributed by atoms with Gasteiger partial charge in [-0.15, -0.1) is 0 Å². The molecule has 0 bridgehead atoms. The van der Waals surface area contributed by atoms with Gasteiger partial charge in [-0.1, -0.05) is 42.5 Å². The second-order valence-electron chi connectivity index (χ2n) is 6.00. The van der Waals surface area contributed by atoms with Crippen LogP contribution in [0.1, 0.15) is 22.8 Å². The smallest absolute Gasteiger partial charge is 0.254 e. The van der Waals surface area contributed by atoms with E-state index in [4.69, 9.17) is 4.74 Å². The van der Waals surface area contributed by atoms with Crippen LogP contribution in [0, 0.1) is 0 Å². The highest BCUT2D eigenvalue weighted by molar-refractivity contribution is 5.83. The fraction of sp³-hybridized carbons (Fsp3) is 0.200. The molecule has 5 heteroatoms. The number of ether oxygens (including phenoxy) is 1. The van der Waals surface area contributed by atoms with E-state index in [1.165, 1.54) is 5.56 Å². The molecule has 0 saturated carbocycles. The first-order valence-corrected chi connectivity index (χ1v) is 8.38. The molecule has 0 saturated heterocycles. The quantitative estimate of drug-likeness (QED) is 0.799. The number of benzene rings is 2. The van der Waals surface area contributed by atoms with Gasteiger partial charge in [0.2, 0.25) is 0 Å². The minimum Gasteiger partial charge on any atom is -0.363 e. The molecule has 1 aliphatic heterocycles. The molecule has 5 nitrogen and oxygen atoms in total. The summed E-state index contributed by atoms with van der Waals surface area (Å²) in [5.74, 6) is -0.109. The van der Waals surface area contributed by atoms with Crippen LogP contribution in [0.3, 0.4) is 0 Å². The molecule has 1 N–H and O–H groups in total. The van der Waals surface area contributed by atoms with Crippen molar-refractivity contribution in [1.29, 1.82) is 0 Å². The van der Waals surface area contributed by atoms with E-state index in [1.54, 1.807) is 10.9 Å². The SMILES string of the molecule is O=C(NCc1ccccc1-n1cccn1)[C@@H]1OCCc2ccccc21. The number of fused-ring (bicyclic) bond motifs is 1. The van der Waals surface area contributed by atoms with Gasteiger partial charge in [-0.25, -0.2) is 4.68 Å². The Morgan fingerprint density at radius 2 is 2.00 bits per heavy atom. The summed E-state index contributed by atoms with van der Waals surface area (Å²) in [6.07, 6.45) is 3.94. The molecular formula is C20H19N3O2. The van der Waals surface area contributed by atoms with Crippen molar-refractivity contribution in [2.45, 2.75) is 19.1 Å². The Kier molecular flexibility index (Phi) is 4.31. The molecule has 2 aromatic carbocycles. The molecule has 1 aliphatic rings. The van der Waals surface area contributed by atoms with Gasteiger partial charge < -0.3 is 10.1 Å². The van der Waals surface area contributed by atoms with Crippen LogP contribution >= 0.6 is 0 Å². The van der Waals surface area contributed by atoms with Crippen LogP contribution in [0.2, 0.25) is 0 Å². The average molecular weight is 333 g/mol. The van der Waals surface area contributed by atoms with Gasteiger partial charge in [0.15, 0.2) is 6.10 Å². The largest absolute Gasteiger partial charge is 0.363 e. The monoisotopic (exact) mass is 333 g/mol. The van der Waals surface area contributed by atoms with Crippen LogP contribution in [-0.4, -0.2) is 22.3 Å². The van der Waals surface area contributed by atoms with E-state index in [1.807, 2.05) is 54.7 Å². The van der Waals surface area contributed by atoms with Crippen LogP contribution in [0.25, 0.3) is 5.69 Å². The van der Waals surface area contributed by atoms with Crippen LogP contribution in [0.5, 0.6) is 0 Å². The summed E-state index contributed by atoms with van der Waals surface area (Å²) in [6, 6.07) is 17.8. The topological polar surface area (TPSA) is 56.2 Å². The van der Waals surface area contributed by atoms with Crippen molar-refractivity contribution in [3.8, 4) is 5.69 Å². The van der Waals surface area contributed by atoms with Crippen LogP contribution in [0.4, 0.5) is 0 Å². The van der Waals surface area contributed by atoms with E-state index in [0.717, 1.165) is 23.2 Å². The molecule has 1 atom stereocenters. The molecule has 0 fully saturated rings. The van der Waals surface area contributed by atoms with Gasteiger partial charge >= 0.3 is 0 Å². The maximum absolute atomic E-state index is 12.7. The van der Waals surface area contributed by atoms with Crippen LogP contribution in [0.15, 0.2) is 67.0 Å². The number of aromatic nitrogens is 2. The lowest BCUT2D eigenvalue weighted by molar-refractivity contribution is -0.134. The predicted octanol–water partition coefficient (Wildman–Crippen LogP) is 2.80. The Bertz CT molecular complexity index is 874. The number of rotatable bonds is 4. The van der Waals surface area contributed by atoms with E-state index in [2.05, 4.69) is 16.5 Å². The molecule has 0 spiro atoms. The first-order valence-electron chi connectivity index (χ1n) is 8.38. The average Bonchev–Trinajstić information content (AvgIpc) is 3.20. The highest BCUT2D eigenvalue weighted by Gasteiger charge is 2.26. The van der Waals surface area contributed by atoms with Crippen molar-refractivity contribution in [3.63, 3.8) is 0 Å². The highest BCUT2D eigenvalue weighted by atomic mass is 16.5. The molecular weight excluding hydrogens is 314 g/mol. The fourth-order valence-corrected chi connectivity index (χ4v) is 3.18. The minimum absolute atomic E-state index is 0.109. The Balaban J connectivity index is 1.51. The standard InChI is InChI=1S/C20H19N3O2/c24-20(19-17-8-3-1-6-15(17)10-13-25-19)21-14-16-7-2-4-9-18(16)23-12-5-11-22-23/h1-9,11-12,19H,10,13-14H2,(H,21,24)/t19-/m1/s1. The molecule has 25 heavy (non-hydrogen) atoms. The van der Waals surface area contributed by atoms with E-state index in [-0.39, 0.29) is 5.91 Å². The third kappa shape index (κ3) is 3.19. The summed E-state index contributed by atoms with van der Waals surface area (Å²) in [7, 11) is 0. The number of hydrogen-bond donors (Lipinski definition) is 1. The normalized spacial score (nSPS) is 16.2. The maximum Gasteiger partial charge on any atom is 0.254 e. The maximum atomic E-state index is 12.7. The van der Waals surface area contributed by atoms with Gasteiger partial charge in [0, 0.05) is 18.9 Å². The summed E-state index contributed by atoms with van der Waals surface area (Å²) < 4.78 is 7.53. The summed E-state index contributed by atoms with van der Waals surface area (Å²) in [4.78, 5) is 12.7. The third-order valence-corrected chi connectivity index (χ3v) is 4.43. The Morgan fingerprint density at radius 1 is 1.16 bits per heavy atom. The number of amides is 1. The zero-order chi connectivity index (χ0) is 17.1. The summed E-state index contributed by atoms with van der Waals surface area (Å²) >= 11 is 0. The van der Waals surface area contributed by atoms with Crippen molar-refractivity contribution in [2.24, 2.45) is 0 Å². The minimum atomic E-state index is -0.540. The number of nitrogens with zero attached hydrogens (tertiary/aromatic N) is 2. The van der Waals surface area contributed by atoms with Gasteiger partial charge in [-0.3, -0.25) is 4.79 Å².